The molecule has 2 aromatic rings. The molecular weight excluding hydrogens is 396 g/mol. The van der Waals surface area contributed by atoms with Gasteiger partial charge < -0.3 is 20.5 Å². The Balaban J connectivity index is 2.04. The number of ether oxygens (including phenoxy) is 1. The average Bonchev–Trinajstić information content (AvgIpc) is 2.78. The Morgan fingerprint density at radius 1 is 0.935 bits per heavy atom. The molecule has 0 aliphatic rings. The van der Waals surface area contributed by atoms with Crippen molar-refractivity contribution >= 4 is 18.0 Å². The molecule has 162 valence electrons. The fourth-order valence-electron chi connectivity index (χ4n) is 2.90. The lowest BCUT2D eigenvalue weighted by Gasteiger charge is -2.21. The summed E-state index contributed by atoms with van der Waals surface area (Å²) in [6.07, 6.45) is 5.70. The highest BCUT2D eigenvalue weighted by Crippen LogP contribution is 2.07. The molecule has 0 aliphatic carbocycles. The fourth-order valence-corrected chi connectivity index (χ4v) is 2.90. The first-order chi connectivity index (χ1) is 15.0. The highest BCUT2D eigenvalue weighted by molar-refractivity contribution is 5.89. The van der Waals surface area contributed by atoms with Crippen molar-refractivity contribution in [3.05, 3.63) is 71.8 Å². The van der Waals surface area contributed by atoms with Crippen molar-refractivity contribution in [1.29, 1.82) is 0 Å². The Morgan fingerprint density at radius 2 is 1.55 bits per heavy atom. The molecule has 3 N–H and O–H groups in total. The lowest BCUT2D eigenvalue weighted by Crippen LogP contribution is -2.52. The van der Waals surface area contributed by atoms with Crippen LogP contribution in [0.15, 0.2) is 60.7 Å². The van der Waals surface area contributed by atoms with Crippen molar-refractivity contribution in [3.63, 3.8) is 0 Å². The molecule has 7 nitrogen and oxygen atoms in total. The van der Waals surface area contributed by atoms with Gasteiger partial charge in [-0.25, -0.2) is 9.59 Å². The predicted molar refractivity (Wildman–Crippen MR) is 116 cm³/mol. The molecule has 2 rings (SSSR count). The van der Waals surface area contributed by atoms with Crippen LogP contribution < -0.4 is 10.6 Å². The Kier molecular flexibility index (Phi) is 9.63. The van der Waals surface area contributed by atoms with Crippen LogP contribution in [-0.2, 0) is 27.4 Å². The second-order valence-corrected chi connectivity index (χ2v) is 6.94. The monoisotopic (exact) mass is 422 g/mol. The Hall–Kier alpha value is -3.79. The quantitative estimate of drug-likeness (QED) is 0.382. The van der Waals surface area contributed by atoms with E-state index in [4.69, 9.17) is 11.2 Å². The number of hydrogen-bond acceptors (Lipinski definition) is 4. The van der Waals surface area contributed by atoms with E-state index in [0.717, 1.165) is 11.1 Å². The van der Waals surface area contributed by atoms with E-state index in [1.54, 1.807) is 0 Å². The van der Waals surface area contributed by atoms with Gasteiger partial charge in [-0.2, -0.15) is 0 Å². The van der Waals surface area contributed by atoms with Gasteiger partial charge in [0.25, 0.3) is 0 Å². The Morgan fingerprint density at radius 3 is 2.13 bits per heavy atom. The van der Waals surface area contributed by atoms with Crippen LogP contribution in [0.5, 0.6) is 0 Å². The zero-order chi connectivity index (χ0) is 22.5. The third-order valence-corrected chi connectivity index (χ3v) is 4.53. The highest BCUT2D eigenvalue weighted by atomic mass is 16.5. The smallest absolute Gasteiger partial charge is 0.408 e. The number of terminal acetylenes is 1. The molecule has 2 amide bonds. The van der Waals surface area contributed by atoms with Crippen molar-refractivity contribution in [1.82, 2.24) is 10.6 Å². The van der Waals surface area contributed by atoms with E-state index >= 15 is 0 Å². The molecule has 2 atom stereocenters. The number of nitrogens with one attached hydrogen (secondary N) is 2. The summed E-state index contributed by atoms with van der Waals surface area (Å²) in [4.78, 5) is 36.6. The number of unbranched alkanes of at least 4 members (excludes halogenated alkanes) is 1. The van der Waals surface area contributed by atoms with Gasteiger partial charge in [0.15, 0.2) is 0 Å². The molecule has 0 spiro atoms. The predicted octanol–water partition coefficient (Wildman–Crippen LogP) is 2.90. The third kappa shape index (κ3) is 8.62. The third-order valence-electron chi connectivity index (χ3n) is 4.53. The van der Waals surface area contributed by atoms with E-state index in [1.165, 1.54) is 0 Å². The van der Waals surface area contributed by atoms with Crippen molar-refractivity contribution in [3.8, 4) is 12.3 Å². The molecule has 0 heterocycles. The van der Waals surface area contributed by atoms with Crippen molar-refractivity contribution in [2.45, 2.75) is 44.4 Å². The minimum Gasteiger partial charge on any atom is -0.480 e. The molecule has 31 heavy (non-hydrogen) atoms. The average molecular weight is 422 g/mol. The summed E-state index contributed by atoms with van der Waals surface area (Å²) in [5.41, 5.74) is 1.62. The molecule has 0 saturated carbocycles. The molecule has 0 fully saturated rings. The maximum atomic E-state index is 12.8. The number of carboxylic acid groups (broad SMARTS) is 1. The van der Waals surface area contributed by atoms with Gasteiger partial charge in [-0.1, -0.05) is 60.7 Å². The largest absolute Gasteiger partial charge is 0.480 e. The molecular formula is C24H26N2O5. The first kappa shape index (κ1) is 23.5. The van der Waals surface area contributed by atoms with Gasteiger partial charge in [0.05, 0.1) is 0 Å². The zero-order valence-electron chi connectivity index (χ0n) is 17.1. The molecule has 7 heteroatoms. The number of carboxylic acids is 1. The van der Waals surface area contributed by atoms with Crippen molar-refractivity contribution in [2.75, 3.05) is 0 Å². The van der Waals surface area contributed by atoms with Gasteiger partial charge >= 0.3 is 12.1 Å². The van der Waals surface area contributed by atoms with E-state index < -0.39 is 30.1 Å². The van der Waals surface area contributed by atoms with E-state index in [1.807, 2.05) is 60.7 Å². The maximum absolute atomic E-state index is 12.8. The molecule has 0 aromatic heterocycles. The number of carbonyl (C=O) groups excluding carboxylic acids is 2. The van der Waals surface area contributed by atoms with Gasteiger partial charge in [-0.15, -0.1) is 12.3 Å². The highest BCUT2D eigenvalue weighted by Gasteiger charge is 2.27. The summed E-state index contributed by atoms with van der Waals surface area (Å²) in [5.74, 6) is 0.685. The lowest BCUT2D eigenvalue weighted by atomic mass is 10.0. The Labute approximate surface area is 181 Å². The SMILES string of the molecule is C#CCCC[C@H](NC(=O)[C@@H](Cc1ccccc1)NC(=O)OCc1ccccc1)C(=O)O. The van der Waals surface area contributed by atoms with Gasteiger partial charge in [0, 0.05) is 12.8 Å². The zero-order valence-corrected chi connectivity index (χ0v) is 17.1. The summed E-state index contributed by atoms with van der Waals surface area (Å²) in [5, 5.41) is 14.5. The van der Waals surface area contributed by atoms with Crippen LogP contribution >= 0.6 is 0 Å². The summed E-state index contributed by atoms with van der Waals surface area (Å²) >= 11 is 0. The van der Waals surface area contributed by atoms with Crippen molar-refractivity contribution < 1.29 is 24.2 Å². The van der Waals surface area contributed by atoms with Gasteiger partial charge in [-0.05, 0) is 24.0 Å². The molecule has 0 aliphatic heterocycles. The lowest BCUT2D eigenvalue weighted by molar-refractivity contribution is -0.142. The number of amides is 2. The van der Waals surface area contributed by atoms with Gasteiger partial charge in [0.2, 0.25) is 5.91 Å². The molecule has 0 unspecified atom stereocenters. The van der Waals surface area contributed by atoms with E-state index in [2.05, 4.69) is 16.6 Å². The van der Waals surface area contributed by atoms with Crippen LogP contribution in [0.25, 0.3) is 0 Å². The van der Waals surface area contributed by atoms with Crippen LogP contribution in [0.3, 0.4) is 0 Å². The second kappa shape index (κ2) is 12.7. The van der Waals surface area contributed by atoms with E-state index in [9.17, 15) is 19.5 Å². The summed E-state index contributed by atoms with van der Waals surface area (Å²) in [6, 6.07) is 16.2. The standard InChI is InChI=1S/C24H26N2O5/c1-2-3-6-15-20(23(28)29)25-22(27)21(16-18-11-7-4-8-12-18)26-24(30)31-17-19-13-9-5-10-14-19/h1,4-5,7-14,20-21H,3,6,15-17H2,(H,25,27)(H,26,30)(H,28,29)/t20-,21+/m0/s1. The topological polar surface area (TPSA) is 105 Å². The molecule has 0 bridgehead atoms. The first-order valence-corrected chi connectivity index (χ1v) is 9.97. The Bertz CT molecular complexity index is 893. The van der Waals surface area contributed by atoms with Crippen LogP contribution in [0.2, 0.25) is 0 Å². The van der Waals surface area contributed by atoms with E-state index in [0.29, 0.717) is 12.8 Å². The number of benzene rings is 2. The van der Waals surface area contributed by atoms with E-state index in [-0.39, 0.29) is 19.4 Å². The van der Waals surface area contributed by atoms with Crippen LogP contribution in [0.4, 0.5) is 4.79 Å². The summed E-state index contributed by atoms with van der Waals surface area (Å²) < 4.78 is 5.21. The number of aliphatic carboxylic acids is 1. The van der Waals surface area contributed by atoms with Crippen LogP contribution in [0, 0.1) is 12.3 Å². The number of alkyl carbamates (subject to hydrolysis) is 1. The van der Waals surface area contributed by atoms with Gasteiger partial charge in [-0.3, -0.25) is 4.79 Å². The minimum atomic E-state index is -1.16. The van der Waals surface area contributed by atoms with Crippen LogP contribution in [-0.4, -0.2) is 35.2 Å². The normalized spacial score (nSPS) is 12.1. The number of carbonyl (C=O) groups is 3. The summed E-state index contributed by atoms with van der Waals surface area (Å²) in [7, 11) is 0. The number of rotatable bonds is 11. The maximum Gasteiger partial charge on any atom is 0.408 e. The molecule has 0 saturated heterocycles. The molecule has 2 aromatic carbocycles. The first-order valence-electron chi connectivity index (χ1n) is 9.97. The minimum absolute atomic E-state index is 0.0518. The summed E-state index contributed by atoms with van der Waals surface area (Å²) in [6.45, 7) is 0.0518. The molecule has 0 radical (unpaired) electrons. The van der Waals surface area contributed by atoms with Crippen molar-refractivity contribution in [2.24, 2.45) is 0 Å². The fraction of sp³-hybridized carbons (Fsp3) is 0.292. The van der Waals surface area contributed by atoms with Gasteiger partial charge in [0.1, 0.15) is 18.7 Å². The number of hydrogen-bond donors (Lipinski definition) is 3. The van der Waals surface area contributed by atoms with Crippen LogP contribution in [0.1, 0.15) is 30.4 Å². The second-order valence-electron chi connectivity index (χ2n) is 6.94.